The van der Waals surface area contributed by atoms with E-state index >= 15 is 0 Å². The molecule has 0 aromatic heterocycles. The SMILES string of the molecule is COC(C)(C)CCO.COCC(C)O. The average molecular weight is 208 g/mol. The van der Waals surface area contributed by atoms with Crippen molar-refractivity contribution in [1.82, 2.24) is 0 Å². The molecule has 0 aliphatic heterocycles. The number of aliphatic hydroxyl groups excluding tert-OH is 2. The fourth-order valence-electron chi connectivity index (χ4n) is 0.613. The minimum Gasteiger partial charge on any atom is -0.396 e. The summed E-state index contributed by atoms with van der Waals surface area (Å²) in [6.45, 7) is 6.21. The zero-order chi connectivity index (χ0) is 11.6. The summed E-state index contributed by atoms with van der Waals surface area (Å²) in [5, 5.41) is 16.9. The predicted molar refractivity (Wildman–Crippen MR) is 56.3 cm³/mol. The highest BCUT2D eigenvalue weighted by Gasteiger charge is 2.13. The zero-order valence-electron chi connectivity index (χ0n) is 9.91. The molecule has 88 valence electrons. The van der Waals surface area contributed by atoms with Gasteiger partial charge in [0, 0.05) is 20.8 Å². The first-order valence-electron chi connectivity index (χ1n) is 4.72. The molecule has 4 nitrogen and oxygen atoms in total. The number of hydrogen-bond donors (Lipinski definition) is 2. The molecule has 1 atom stereocenters. The molecular weight excluding hydrogens is 184 g/mol. The molecule has 0 aliphatic rings. The highest BCUT2D eigenvalue weighted by Crippen LogP contribution is 2.10. The summed E-state index contributed by atoms with van der Waals surface area (Å²) in [6.07, 6.45) is 0.374. The molecule has 0 rings (SSSR count). The Labute approximate surface area is 86.8 Å². The number of hydrogen-bond acceptors (Lipinski definition) is 4. The van der Waals surface area contributed by atoms with E-state index in [1.165, 1.54) is 0 Å². The van der Waals surface area contributed by atoms with Crippen molar-refractivity contribution in [1.29, 1.82) is 0 Å². The second-order valence-electron chi connectivity index (χ2n) is 3.74. The van der Waals surface area contributed by atoms with Gasteiger partial charge in [-0.15, -0.1) is 0 Å². The number of methoxy groups -OCH3 is 2. The molecular formula is C10H24O4. The van der Waals surface area contributed by atoms with Crippen molar-refractivity contribution in [2.45, 2.75) is 38.9 Å². The van der Waals surface area contributed by atoms with Crippen molar-refractivity contribution in [2.75, 3.05) is 27.4 Å². The van der Waals surface area contributed by atoms with Crippen LogP contribution >= 0.6 is 0 Å². The quantitative estimate of drug-likeness (QED) is 0.702. The van der Waals surface area contributed by atoms with Crippen molar-refractivity contribution < 1.29 is 19.7 Å². The van der Waals surface area contributed by atoms with Gasteiger partial charge in [0.25, 0.3) is 0 Å². The summed E-state index contributed by atoms with van der Waals surface area (Å²) in [4.78, 5) is 0. The molecule has 0 fully saturated rings. The van der Waals surface area contributed by atoms with Crippen LogP contribution in [0.5, 0.6) is 0 Å². The molecule has 0 saturated heterocycles. The van der Waals surface area contributed by atoms with Gasteiger partial charge >= 0.3 is 0 Å². The van der Waals surface area contributed by atoms with Gasteiger partial charge in [0.05, 0.1) is 18.3 Å². The first-order chi connectivity index (χ1) is 6.39. The standard InChI is InChI=1S/C6H14O2.C4H10O2/c1-6(2,8-3)4-5-7;1-4(5)3-6-2/h7H,4-5H2,1-3H3;4-5H,3H2,1-2H3. The Bertz CT molecular complexity index is 113. The van der Waals surface area contributed by atoms with Crippen LogP contribution in [0.2, 0.25) is 0 Å². The second kappa shape index (κ2) is 9.40. The fourth-order valence-corrected chi connectivity index (χ4v) is 0.613. The van der Waals surface area contributed by atoms with Crippen LogP contribution in [0, 0.1) is 0 Å². The zero-order valence-corrected chi connectivity index (χ0v) is 9.91. The topological polar surface area (TPSA) is 58.9 Å². The molecule has 0 saturated carbocycles. The highest BCUT2D eigenvalue weighted by molar-refractivity contribution is 4.65. The Morgan fingerprint density at radius 3 is 1.86 bits per heavy atom. The summed E-state index contributed by atoms with van der Waals surface area (Å²) in [6, 6.07) is 0. The van der Waals surface area contributed by atoms with Crippen LogP contribution < -0.4 is 0 Å². The Balaban J connectivity index is 0. The van der Waals surface area contributed by atoms with E-state index < -0.39 is 0 Å². The lowest BCUT2D eigenvalue weighted by atomic mass is 10.1. The van der Waals surface area contributed by atoms with E-state index in [2.05, 4.69) is 4.74 Å². The van der Waals surface area contributed by atoms with Gasteiger partial charge in [-0.3, -0.25) is 0 Å². The maximum atomic E-state index is 8.45. The second-order valence-corrected chi connectivity index (χ2v) is 3.74. The maximum Gasteiger partial charge on any atom is 0.0745 e. The van der Waals surface area contributed by atoms with Crippen molar-refractivity contribution in [3.63, 3.8) is 0 Å². The minimum absolute atomic E-state index is 0.158. The van der Waals surface area contributed by atoms with E-state index in [-0.39, 0.29) is 18.3 Å². The van der Waals surface area contributed by atoms with E-state index in [4.69, 9.17) is 14.9 Å². The average Bonchev–Trinajstić information content (AvgIpc) is 2.05. The summed E-state index contributed by atoms with van der Waals surface area (Å²) < 4.78 is 9.57. The van der Waals surface area contributed by atoms with Gasteiger partial charge in [-0.05, 0) is 27.2 Å². The van der Waals surface area contributed by atoms with Crippen molar-refractivity contribution in [3.8, 4) is 0 Å². The van der Waals surface area contributed by atoms with Crippen LogP contribution in [-0.4, -0.2) is 49.4 Å². The van der Waals surface area contributed by atoms with Gasteiger partial charge in [0.2, 0.25) is 0 Å². The Kier molecular flexibility index (Phi) is 10.9. The summed E-state index contributed by atoms with van der Waals surface area (Å²) >= 11 is 0. The Hall–Kier alpha value is -0.160. The van der Waals surface area contributed by atoms with Crippen LogP contribution in [0.3, 0.4) is 0 Å². The van der Waals surface area contributed by atoms with Crippen molar-refractivity contribution in [2.24, 2.45) is 0 Å². The van der Waals surface area contributed by atoms with Gasteiger partial charge in [-0.25, -0.2) is 0 Å². The molecule has 0 heterocycles. The molecule has 0 radical (unpaired) electrons. The van der Waals surface area contributed by atoms with Gasteiger partial charge in [0.1, 0.15) is 0 Å². The van der Waals surface area contributed by atoms with Gasteiger partial charge in [-0.1, -0.05) is 0 Å². The number of rotatable bonds is 5. The molecule has 0 spiro atoms. The van der Waals surface area contributed by atoms with E-state index in [9.17, 15) is 0 Å². The molecule has 1 unspecified atom stereocenters. The van der Waals surface area contributed by atoms with Crippen LogP contribution in [-0.2, 0) is 9.47 Å². The molecule has 14 heavy (non-hydrogen) atoms. The number of ether oxygens (including phenoxy) is 2. The minimum atomic E-state index is -0.324. The molecule has 2 N–H and O–H groups in total. The van der Waals surface area contributed by atoms with Crippen LogP contribution in [0.1, 0.15) is 27.2 Å². The third-order valence-electron chi connectivity index (χ3n) is 1.67. The molecule has 0 aromatic rings. The largest absolute Gasteiger partial charge is 0.396 e. The van der Waals surface area contributed by atoms with Crippen molar-refractivity contribution in [3.05, 3.63) is 0 Å². The lowest BCUT2D eigenvalue weighted by molar-refractivity contribution is 0.00293. The number of aliphatic hydroxyl groups is 2. The van der Waals surface area contributed by atoms with E-state index in [1.807, 2.05) is 13.8 Å². The van der Waals surface area contributed by atoms with E-state index in [0.717, 1.165) is 0 Å². The smallest absolute Gasteiger partial charge is 0.0745 e. The van der Waals surface area contributed by atoms with Crippen LogP contribution in [0.15, 0.2) is 0 Å². The Morgan fingerprint density at radius 1 is 1.29 bits per heavy atom. The van der Waals surface area contributed by atoms with E-state index in [0.29, 0.717) is 13.0 Å². The van der Waals surface area contributed by atoms with Gasteiger partial charge in [-0.2, -0.15) is 0 Å². The van der Waals surface area contributed by atoms with Crippen LogP contribution in [0.25, 0.3) is 0 Å². The maximum absolute atomic E-state index is 8.45. The summed E-state index contributed by atoms with van der Waals surface area (Å²) in [7, 11) is 3.21. The fraction of sp³-hybridized carbons (Fsp3) is 1.00. The molecule has 0 aliphatic carbocycles. The normalized spacial score (nSPS) is 13.1. The monoisotopic (exact) mass is 208 g/mol. The highest BCUT2D eigenvalue weighted by atomic mass is 16.5. The molecule has 4 heteroatoms. The summed E-state index contributed by atoms with van der Waals surface area (Å²) in [5.74, 6) is 0. The summed E-state index contributed by atoms with van der Waals surface area (Å²) in [5.41, 5.74) is -0.158. The lowest BCUT2D eigenvalue weighted by Crippen LogP contribution is -2.23. The van der Waals surface area contributed by atoms with E-state index in [1.54, 1.807) is 21.1 Å². The van der Waals surface area contributed by atoms with Gasteiger partial charge in [0.15, 0.2) is 0 Å². The molecule has 0 bridgehead atoms. The lowest BCUT2D eigenvalue weighted by Gasteiger charge is -2.20. The Morgan fingerprint density at radius 2 is 1.79 bits per heavy atom. The predicted octanol–water partition coefficient (Wildman–Crippen LogP) is 0.807. The molecule has 0 amide bonds. The first-order valence-corrected chi connectivity index (χ1v) is 4.72. The third kappa shape index (κ3) is 14.4. The third-order valence-corrected chi connectivity index (χ3v) is 1.67. The van der Waals surface area contributed by atoms with Gasteiger partial charge < -0.3 is 19.7 Å². The molecule has 0 aromatic carbocycles. The van der Waals surface area contributed by atoms with Crippen LogP contribution in [0.4, 0.5) is 0 Å². The van der Waals surface area contributed by atoms with Crippen molar-refractivity contribution >= 4 is 0 Å². The first kappa shape index (κ1) is 16.3.